The lowest BCUT2D eigenvalue weighted by atomic mass is 9.98. The van der Waals surface area contributed by atoms with Crippen molar-refractivity contribution in [2.45, 2.75) is 45.6 Å². The van der Waals surface area contributed by atoms with Gasteiger partial charge in [-0.3, -0.25) is 9.59 Å². The second-order valence-electron chi connectivity index (χ2n) is 5.66. The number of carboxylic acids is 1. The van der Waals surface area contributed by atoms with Crippen molar-refractivity contribution in [1.82, 2.24) is 15.5 Å². The van der Waals surface area contributed by atoms with Crippen LogP contribution in [0.4, 0.5) is 0 Å². The molecule has 1 aromatic carbocycles. The molecule has 0 fully saturated rings. The number of hydrogen-bond donors (Lipinski definition) is 2. The molecular formula is C17H21N3O4. The van der Waals surface area contributed by atoms with Gasteiger partial charge in [-0.2, -0.15) is 4.98 Å². The molecule has 2 rings (SSSR count). The Balaban J connectivity index is 1.92. The summed E-state index contributed by atoms with van der Waals surface area (Å²) in [5.41, 5.74) is 1.77. The second kappa shape index (κ2) is 8.24. The highest BCUT2D eigenvalue weighted by Gasteiger charge is 2.19. The smallest absolute Gasteiger partial charge is 0.305 e. The van der Waals surface area contributed by atoms with Crippen LogP contribution in [0.1, 0.15) is 48.1 Å². The molecule has 128 valence electrons. The molecule has 1 unspecified atom stereocenters. The number of carbonyl (C=O) groups excluding carboxylic acids is 1. The van der Waals surface area contributed by atoms with Crippen molar-refractivity contribution < 1.29 is 19.2 Å². The lowest BCUT2D eigenvalue weighted by molar-refractivity contribution is -0.137. The monoisotopic (exact) mass is 331 g/mol. The van der Waals surface area contributed by atoms with E-state index in [2.05, 4.69) is 15.5 Å². The SMILES string of the molecule is Cc1noc(CCCC(=O)NC(CC(=O)O)c2ccccc2C)n1. The van der Waals surface area contributed by atoms with Gasteiger partial charge in [0.2, 0.25) is 11.8 Å². The Hall–Kier alpha value is -2.70. The largest absolute Gasteiger partial charge is 0.481 e. The molecule has 0 aliphatic carbocycles. The van der Waals surface area contributed by atoms with Crippen LogP contribution >= 0.6 is 0 Å². The van der Waals surface area contributed by atoms with E-state index in [1.807, 2.05) is 31.2 Å². The first-order valence-electron chi connectivity index (χ1n) is 7.81. The van der Waals surface area contributed by atoms with Gasteiger partial charge in [-0.15, -0.1) is 0 Å². The van der Waals surface area contributed by atoms with Crippen LogP contribution in [-0.2, 0) is 16.0 Å². The van der Waals surface area contributed by atoms with Gasteiger partial charge in [-0.25, -0.2) is 0 Å². The summed E-state index contributed by atoms with van der Waals surface area (Å²) in [7, 11) is 0. The molecule has 0 aliphatic heterocycles. The third-order valence-electron chi connectivity index (χ3n) is 3.64. The Morgan fingerprint density at radius 1 is 1.29 bits per heavy atom. The maximum Gasteiger partial charge on any atom is 0.305 e. The fourth-order valence-electron chi connectivity index (χ4n) is 2.50. The minimum Gasteiger partial charge on any atom is -0.481 e. The predicted octanol–water partition coefficient (Wildman–Crippen LogP) is 2.34. The van der Waals surface area contributed by atoms with Gasteiger partial charge in [-0.1, -0.05) is 29.4 Å². The average molecular weight is 331 g/mol. The van der Waals surface area contributed by atoms with Crippen LogP contribution in [0.15, 0.2) is 28.8 Å². The van der Waals surface area contributed by atoms with Crippen molar-refractivity contribution in [3.63, 3.8) is 0 Å². The Bertz CT molecular complexity index is 711. The molecule has 1 heterocycles. The van der Waals surface area contributed by atoms with Crippen molar-refractivity contribution in [2.24, 2.45) is 0 Å². The molecule has 24 heavy (non-hydrogen) atoms. The molecule has 1 aromatic heterocycles. The number of hydrogen-bond acceptors (Lipinski definition) is 5. The van der Waals surface area contributed by atoms with Gasteiger partial charge in [0.25, 0.3) is 0 Å². The molecule has 0 saturated heterocycles. The quantitative estimate of drug-likeness (QED) is 0.769. The van der Waals surface area contributed by atoms with Crippen molar-refractivity contribution >= 4 is 11.9 Å². The first kappa shape index (κ1) is 17.7. The lowest BCUT2D eigenvalue weighted by Crippen LogP contribution is -2.30. The number of amides is 1. The molecule has 0 radical (unpaired) electrons. The summed E-state index contributed by atoms with van der Waals surface area (Å²) in [6.07, 6.45) is 1.19. The standard InChI is InChI=1S/C17H21N3O4/c1-11-6-3-4-7-13(11)14(10-17(22)23)19-15(21)8-5-9-16-18-12(2)20-24-16/h3-4,6-7,14H,5,8-10H2,1-2H3,(H,19,21)(H,22,23). The molecule has 0 spiro atoms. The molecule has 0 aliphatic rings. The van der Waals surface area contributed by atoms with Gasteiger partial charge >= 0.3 is 5.97 Å². The Labute approximate surface area is 140 Å². The number of rotatable bonds is 8. The van der Waals surface area contributed by atoms with E-state index >= 15 is 0 Å². The number of carboxylic acid groups (broad SMARTS) is 1. The maximum atomic E-state index is 12.1. The minimum atomic E-state index is -0.954. The van der Waals surface area contributed by atoms with Crippen molar-refractivity contribution in [1.29, 1.82) is 0 Å². The van der Waals surface area contributed by atoms with Crippen molar-refractivity contribution in [3.05, 3.63) is 47.1 Å². The van der Waals surface area contributed by atoms with E-state index in [1.54, 1.807) is 6.92 Å². The summed E-state index contributed by atoms with van der Waals surface area (Å²) in [6.45, 7) is 3.63. The molecule has 2 aromatic rings. The number of aromatic nitrogens is 2. The molecule has 7 nitrogen and oxygen atoms in total. The van der Waals surface area contributed by atoms with E-state index in [0.717, 1.165) is 11.1 Å². The molecule has 0 bridgehead atoms. The number of nitrogens with one attached hydrogen (secondary N) is 1. The highest BCUT2D eigenvalue weighted by Crippen LogP contribution is 2.21. The molecular weight excluding hydrogens is 310 g/mol. The van der Waals surface area contributed by atoms with Crippen LogP contribution in [0.25, 0.3) is 0 Å². The minimum absolute atomic E-state index is 0.153. The number of benzene rings is 1. The van der Waals surface area contributed by atoms with E-state index < -0.39 is 12.0 Å². The molecule has 0 saturated carbocycles. The molecule has 7 heteroatoms. The van der Waals surface area contributed by atoms with Gasteiger partial charge in [0.1, 0.15) is 0 Å². The first-order chi connectivity index (χ1) is 11.5. The molecule has 1 atom stereocenters. The zero-order valence-corrected chi connectivity index (χ0v) is 13.8. The van der Waals surface area contributed by atoms with E-state index in [-0.39, 0.29) is 18.7 Å². The Morgan fingerprint density at radius 2 is 2.04 bits per heavy atom. The van der Waals surface area contributed by atoms with Crippen LogP contribution in [0.2, 0.25) is 0 Å². The summed E-state index contributed by atoms with van der Waals surface area (Å²) in [4.78, 5) is 27.3. The number of aliphatic carboxylic acids is 1. The summed E-state index contributed by atoms with van der Waals surface area (Å²) < 4.78 is 4.99. The normalized spacial score (nSPS) is 11.9. The zero-order chi connectivity index (χ0) is 17.5. The van der Waals surface area contributed by atoms with Crippen molar-refractivity contribution in [3.8, 4) is 0 Å². The highest BCUT2D eigenvalue weighted by atomic mass is 16.5. The first-order valence-corrected chi connectivity index (χ1v) is 7.81. The van der Waals surface area contributed by atoms with Gasteiger partial charge in [0, 0.05) is 12.8 Å². The Kier molecular flexibility index (Phi) is 6.06. The van der Waals surface area contributed by atoms with Gasteiger partial charge in [0.05, 0.1) is 12.5 Å². The number of aryl methyl sites for hydroxylation is 3. The van der Waals surface area contributed by atoms with Crippen LogP contribution in [-0.4, -0.2) is 27.1 Å². The predicted molar refractivity (Wildman–Crippen MR) is 86.3 cm³/mol. The number of nitrogens with zero attached hydrogens (tertiary/aromatic N) is 2. The molecule has 1 amide bonds. The summed E-state index contributed by atoms with van der Waals surface area (Å²) >= 11 is 0. The topological polar surface area (TPSA) is 105 Å². The van der Waals surface area contributed by atoms with E-state index in [4.69, 9.17) is 9.63 Å². The van der Waals surface area contributed by atoms with Crippen LogP contribution in [0.5, 0.6) is 0 Å². The summed E-state index contributed by atoms with van der Waals surface area (Å²) in [6, 6.07) is 6.91. The van der Waals surface area contributed by atoms with Crippen molar-refractivity contribution in [2.75, 3.05) is 0 Å². The molecule has 2 N–H and O–H groups in total. The van der Waals surface area contributed by atoms with Gasteiger partial charge in [-0.05, 0) is 31.4 Å². The lowest BCUT2D eigenvalue weighted by Gasteiger charge is -2.19. The maximum absolute atomic E-state index is 12.1. The Morgan fingerprint density at radius 3 is 2.67 bits per heavy atom. The van der Waals surface area contributed by atoms with E-state index in [0.29, 0.717) is 24.6 Å². The van der Waals surface area contributed by atoms with Crippen LogP contribution in [0, 0.1) is 13.8 Å². The third-order valence-corrected chi connectivity index (χ3v) is 3.64. The fourth-order valence-corrected chi connectivity index (χ4v) is 2.50. The third kappa shape index (κ3) is 5.19. The average Bonchev–Trinajstić information content (AvgIpc) is 2.92. The second-order valence-corrected chi connectivity index (χ2v) is 5.66. The van der Waals surface area contributed by atoms with Gasteiger partial charge in [0.15, 0.2) is 5.82 Å². The van der Waals surface area contributed by atoms with Crippen LogP contribution in [0.3, 0.4) is 0 Å². The summed E-state index contributed by atoms with van der Waals surface area (Å²) in [5, 5.41) is 15.6. The number of carbonyl (C=O) groups is 2. The summed E-state index contributed by atoms with van der Waals surface area (Å²) in [5.74, 6) is -0.0811. The van der Waals surface area contributed by atoms with E-state index in [1.165, 1.54) is 0 Å². The highest BCUT2D eigenvalue weighted by molar-refractivity contribution is 5.77. The zero-order valence-electron chi connectivity index (χ0n) is 13.8. The van der Waals surface area contributed by atoms with Crippen LogP contribution < -0.4 is 5.32 Å². The fraction of sp³-hybridized carbons (Fsp3) is 0.412. The van der Waals surface area contributed by atoms with Gasteiger partial charge < -0.3 is 14.9 Å². The van der Waals surface area contributed by atoms with E-state index in [9.17, 15) is 9.59 Å².